The molecular formula is C24H23N5O3. The molecule has 2 heterocycles. The molecule has 32 heavy (non-hydrogen) atoms. The minimum Gasteiger partial charge on any atom is -0.487 e. The Bertz CT molecular complexity index is 1230. The molecule has 2 aromatic carbocycles. The molecule has 2 N–H and O–H groups in total. The molecule has 0 fully saturated rings. The van der Waals surface area contributed by atoms with Gasteiger partial charge in [-0.2, -0.15) is 0 Å². The number of hydrogen-bond acceptors (Lipinski definition) is 5. The lowest BCUT2D eigenvalue weighted by Gasteiger charge is -2.14. The zero-order valence-electron chi connectivity index (χ0n) is 17.8. The summed E-state index contributed by atoms with van der Waals surface area (Å²) in [5.74, 6) is -0.318. The number of benzene rings is 2. The van der Waals surface area contributed by atoms with Gasteiger partial charge in [0.2, 0.25) is 0 Å². The van der Waals surface area contributed by atoms with Gasteiger partial charge in [0.25, 0.3) is 11.8 Å². The van der Waals surface area contributed by atoms with Crippen LogP contribution in [0.1, 0.15) is 26.4 Å². The number of nitrogens with one attached hydrogen (secondary N) is 2. The fourth-order valence-electron chi connectivity index (χ4n) is 3.12. The molecule has 2 amide bonds. The molecule has 0 aliphatic carbocycles. The number of pyridine rings is 1. The molecule has 8 nitrogen and oxygen atoms in total. The quantitative estimate of drug-likeness (QED) is 0.460. The van der Waals surface area contributed by atoms with Crippen molar-refractivity contribution >= 4 is 23.1 Å². The third-order valence-electron chi connectivity index (χ3n) is 4.81. The van der Waals surface area contributed by atoms with Crippen LogP contribution in [-0.4, -0.2) is 35.3 Å². The van der Waals surface area contributed by atoms with E-state index in [4.69, 9.17) is 4.74 Å². The van der Waals surface area contributed by atoms with Crippen LogP contribution in [0.25, 0.3) is 5.65 Å². The van der Waals surface area contributed by atoms with Crippen molar-refractivity contribution in [2.45, 2.75) is 6.61 Å². The molecular weight excluding hydrogens is 406 g/mol. The van der Waals surface area contributed by atoms with Gasteiger partial charge in [-0.1, -0.05) is 18.2 Å². The van der Waals surface area contributed by atoms with E-state index in [-0.39, 0.29) is 6.61 Å². The molecule has 0 saturated heterocycles. The van der Waals surface area contributed by atoms with E-state index in [0.717, 1.165) is 17.0 Å². The molecule has 4 aromatic rings. The van der Waals surface area contributed by atoms with E-state index >= 15 is 0 Å². The molecule has 8 heteroatoms. The Morgan fingerprint density at radius 3 is 2.38 bits per heavy atom. The Kier molecular flexibility index (Phi) is 6.03. The number of nitrogens with zero attached hydrogens (tertiary/aromatic N) is 3. The number of fused-ring (bicyclic) bond motifs is 1. The molecule has 0 bridgehead atoms. The predicted molar refractivity (Wildman–Crippen MR) is 122 cm³/mol. The number of hydrogen-bond donors (Lipinski definition) is 2. The smallest absolute Gasteiger partial charge is 0.269 e. The number of imidazole rings is 1. The number of carbonyl (C=O) groups excluding carboxylic acids is 2. The second-order valence-electron chi connectivity index (χ2n) is 7.37. The number of aromatic nitrogens is 2. The van der Waals surface area contributed by atoms with Crippen LogP contribution in [0, 0.1) is 0 Å². The van der Waals surface area contributed by atoms with Gasteiger partial charge in [-0.15, -0.1) is 0 Å². The molecule has 0 unspecified atom stereocenters. The van der Waals surface area contributed by atoms with E-state index in [9.17, 15) is 9.59 Å². The maximum absolute atomic E-state index is 12.5. The van der Waals surface area contributed by atoms with Gasteiger partial charge in [0.15, 0.2) is 0 Å². The largest absolute Gasteiger partial charge is 0.487 e. The fourth-order valence-corrected chi connectivity index (χ4v) is 3.12. The van der Waals surface area contributed by atoms with E-state index in [1.807, 2.05) is 60.1 Å². The standard InChI is InChI=1S/C24H23N5O3/c1-28(2)20-9-5-7-17(13-20)23(30)26-27-24(31)18-8-6-10-21(14-18)32-16-19-15-29-12-4-3-11-22(29)25-19/h3-15H,16H2,1-2H3,(H,26,30)(H,27,31). The van der Waals surface area contributed by atoms with Gasteiger partial charge in [0.1, 0.15) is 18.0 Å². The summed E-state index contributed by atoms with van der Waals surface area (Å²) in [5.41, 5.74) is 8.20. The van der Waals surface area contributed by atoms with E-state index in [1.54, 1.807) is 42.5 Å². The number of rotatable bonds is 6. The number of ether oxygens (including phenoxy) is 1. The Balaban J connectivity index is 1.35. The average molecular weight is 429 g/mol. The van der Waals surface area contributed by atoms with Crippen molar-refractivity contribution in [2.24, 2.45) is 0 Å². The maximum Gasteiger partial charge on any atom is 0.269 e. The van der Waals surface area contributed by atoms with Crippen LogP contribution >= 0.6 is 0 Å². The summed E-state index contributed by atoms with van der Waals surface area (Å²) in [7, 11) is 3.78. The topological polar surface area (TPSA) is 88.0 Å². The normalized spacial score (nSPS) is 10.6. The van der Waals surface area contributed by atoms with Crippen LogP contribution in [0.2, 0.25) is 0 Å². The third kappa shape index (κ3) is 4.86. The minimum absolute atomic E-state index is 0.270. The SMILES string of the molecule is CN(C)c1cccc(C(=O)NNC(=O)c2cccc(OCc3cn4ccccc4n3)c2)c1. The van der Waals surface area contributed by atoms with Crippen LogP contribution in [0.15, 0.2) is 79.1 Å². The molecule has 0 aliphatic heterocycles. The highest BCUT2D eigenvalue weighted by atomic mass is 16.5. The zero-order valence-corrected chi connectivity index (χ0v) is 17.8. The van der Waals surface area contributed by atoms with E-state index < -0.39 is 11.8 Å². The first-order valence-corrected chi connectivity index (χ1v) is 10.0. The Morgan fingerprint density at radius 1 is 0.938 bits per heavy atom. The highest BCUT2D eigenvalue weighted by Gasteiger charge is 2.11. The second-order valence-corrected chi connectivity index (χ2v) is 7.37. The van der Waals surface area contributed by atoms with E-state index in [0.29, 0.717) is 16.9 Å². The van der Waals surface area contributed by atoms with Gasteiger partial charge in [0, 0.05) is 43.3 Å². The first-order valence-electron chi connectivity index (χ1n) is 10.0. The molecule has 0 atom stereocenters. The van der Waals surface area contributed by atoms with Crippen LogP contribution in [0.3, 0.4) is 0 Å². The van der Waals surface area contributed by atoms with Crippen LogP contribution in [0.5, 0.6) is 5.75 Å². The monoisotopic (exact) mass is 429 g/mol. The first-order chi connectivity index (χ1) is 15.5. The third-order valence-corrected chi connectivity index (χ3v) is 4.81. The first kappa shape index (κ1) is 20.9. The molecule has 162 valence electrons. The summed E-state index contributed by atoms with van der Waals surface area (Å²) >= 11 is 0. The molecule has 0 spiro atoms. The Morgan fingerprint density at radius 2 is 1.66 bits per heavy atom. The summed E-state index contributed by atoms with van der Waals surface area (Å²) < 4.78 is 7.71. The molecule has 2 aromatic heterocycles. The summed E-state index contributed by atoms with van der Waals surface area (Å²) in [6, 6.07) is 19.6. The lowest BCUT2D eigenvalue weighted by atomic mass is 10.2. The van der Waals surface area contributed by atoms with Gasteiger partial charge in [-0.3, -0.25) is 20.4 Å². The number of carbonyl (C=O) groups is 2. The number of amides is 2. The van der Waals surface area contributed by atoms with Crippen LogP contribution < -0.4 is 20.5 Å². The lowest BCUT2D eigenvalue weighted by Crippen LogP contribution is -2.41. The predicted octanol–water partition coefficient (Wildman–Crippen LogP) is 3.05. The van der Waals surface area contributed by atoms with E-state index in [1.165, 1.54) is 0 Å². The lowest BCUT2D eigenvalue weighted by molar-refractivity contribution is 0.0846. The van der Waals surface area contributed by atoms with Gasteiger partial charge in [-0.05, 0) is 48.5 Å². The molecule has 0 aliphatic rings. The summed E-state index contributed by atoms with van der Waals surface area (Å²) in [6.07, 6.45) is 3.81. The zero-order chi connectivity index (χ0) is 22.5. The Hall–Kier alpha value is -4.33. The van der Waals surface area contributed by atoms with Gasteiger partial charge < -0.3 is 14.0 Å². The van der Waals surface area contributed by atoms with Crippen LogP contribution in [0.4, 0.5) is 5.69 Å². The van der Waals surface area contributed by atoms with Crippen molar-refractivity contribution in [3.05, 3.63) is 95.9 Å². The van der Waals surface area contributed by atoms with Crippen molar-refractivity contribution in [1.82, 2.24) is 20.2 Å². The van der Waals surface area contributed by atoms with Crippen molar-refractivity contribution in [1.29, 1.82) is 0 Å². The molecule has 0 radical (unpaired) electrons. The van der Waals surface area contributed by atoms with Gasteiger partial charge in [-0.25, -0.2) is 4.98 Å². The highest BCUT2D eigenvalue weighted by Crippen LogP contribution is 2.16. The van der Waals surface area contributed by atoms with Crippen molar-refractivity contribution < 1.29 is 14.3 Å². The fraction of sp³-hybridized carbons (Fsp3) is 0.125. The highest BCUT2D eigenvalue weighted by molar-refractivity contribution is 5.99. The van der Waals surface area contributed by atoms with Crippen molar-refractivity contribution in [3.63, 3.8) is 0 Å². The van der Waals surface area contributed by atoms with Crippen LogP contribution in [-0.2, 0) is 6.61 Å². The summed E-state index contributed by atoms with van der Waals surface area (Å²) in [6.45, 7) is 0.270. The van der Waals surface area contributed by atoms with Crippen molar-refractivity contribution in [3.8, 4) is 5.75 Å². The average Bonchev–Trinajstić information content (AvgIpc) is 3.24. The molecule has 0 saturated carbocycles. The van der Waals surface area contributed by atoms with Gasteiger partial charge in [0.05, 0.1) is 5.69 Å². The Labute approximate surface area is 185 Å². The van der Waals surface area contributed by atoms with Gasteiger partial charge >= 0.3 is 0 Å². The van der Waals surface area contributed by atoms with E-state index in [2.05, 4.69) is 15.8 Å². The molecule has 4 rings (SSSR count). The summed E-state index contributed by atoms with van der Waals surface area (Å²) in [5, 5.41) is 0. The second kappa shape index (κ2) is 9.22. The minimum atomic E-state index is -0.444. The number of hydrazine groups is 1. The number of anilines is 1. The van der Waals surface area contributed by atoms with Crippen molar-refractivity contribution in [2.75, 3.05) is 19.0 Å². The maximum atomic E-state index is 12.5. The summed E-state index contributed by atoms with van der Waals surface area (Å²) in [4.78, 5) is 31.3.